The van der Waals surface area contributed by atoms with Crippen LogP contribution in [0.1, 0.15) is 44.4 Å². The number of hydrogen-bond acceptors (Lipinski definition) is 3. The van der Waals surface area contributed by atoms with Crippen LogP contribution in [0.2, 0.25) is 10.0 Å². The van der Waals surface area contributed by atoms with Gasteiger partial charge in [-0.05, 0) is 44.0 Å². The molecule has 0 saturated heterocycles. The molecule has 0 radical (unpaired) electrons. The lowest BCUT2D eigenvalue weighted by atomic mass is 10.1. The quantitative estimate of drug-likeness (QED) is 0.381. The Bertz CT molecular complexity index is 923. The van der Waals surface area contributed by atoms with Crippen LogP contribution in [0.4, 0.5) is 10.2 Å². The molecule has 148 valence electrons. The van der Waals surface area contributed by atoms with E-state index in [0.29, 0.717) is 16.3 Å². The summed E-state index contributed by atoms with van der Waals surface area (Å²) in [7, 11) is 0. The second-order valence-electron chi connectivity index (χ2n) is 6.08. The number of nitrogens with two attached hydrogens (primary N) is 1. The number of rotatable bonds is 7. The normalized spacial score (nSPS) is 13.4. The van der Waals surface area contributed by atoms with Gasteiger partial charge in [-0.25, -0.2) is 9.37 Å². The summed E-state index contributed by atoms with van der Waals surface area (Å²) in [6.45, 7) is 5.74. The van der Waals surface area contributed by atoms with Gasteiger partial charge in [0.1, 0.15) is 11.9 Å². The Kier molecular flexibility index (Phi) is 8.09. The molecule has 1 atom stereocenters. The molecule has 2 rings (SSSR count). The van der Waals surface area contributed by atoms with E-state index in [-0.39, 0.29) is 10.8 Å². The molecule has 1 aromatic carbocycles. The lowest BCUT2D eigenvalue weighted by Crippen LogP contribution is -2.08. The van der Waals surface area contributed by atoms with Crippen LogP contribution in [0.25, 0.3) is 5.57 Å². The lowest BCUT2D eigenvalue weighted by molar-refractivity contribution is 0.227. The third-order valence-corrected chi connectivity index (χ3v) is 4.72. The Morgan fingerprint density at radius 1 is 1.36 bits per heavy atom. The molecule has 0 saturated carbocycles. The highest BCUT2D eigenvalue weighted by atomic mass is 35.5. The van der Waals surface area contributed by atoms with Gasteiger partial charge in [-0.3, -0.25) is 0 Å². The molecular weight excluding hydrogens is 398 g/mol. The zero-order valence-electron chi connectivity index (χ0n) is 16.0. The van der Waals surface area contributed by atoms with Crippen molar-refractivity contribution in [1.82, 2.24) is 4.98 Å². The Hall–Kier alpha value is -2.30. The van der Waals surface area contributed by atoms with Crippen molar-refractivity contribution in [1.29, 1.82) is 0 Å². The van der Waals surface area contributed by atoms with Gasteiger partial charge in [0, 0.05) is 22.3 Å². The van der Waals surface area contributed by atoms with Crippen LogP contribution < -0.4 is 10.5 Å². The average molecular weight is 421 g/mol. The molecular formula is C22H23Cl2FN2O. The fourth-order valence-corrected chi connectivity index (χ4v) is 3.24. The number of allylic oxidation sites excluding steroid dienone is 6. The fourth-order valence-electron chi connectivity index (χ4n) is 2.56. The van der Waals surface area contributed by atoms with Gasteiger partial charge in [0.2, 0.25) is 0 Å². The van der Waals surface area contributed by atoms with Crippen LogP contribution in [-0.2, 0) is 0 Å². The first-order chi connectivity index (χ1) is 13.4. The standard InChI is InChI=1S/C22H23Cl2FN2O/c1-4-6-8-15(9-7-5-2)16-12-19(22(26)27-13-16)28-14(3)20-17(23)10-11-18(25)21(20)24/h4,6-14H,5H2,1-3H3,(H2,26,27)/b6-4-,9-7+,15-8+. The van der Waals surface area contributed by atoms with Gasteiger partial charge < -0.3 is 10.5 Å². The summed E-state index contributed by atoms with van der Waals surface area (Å²) in [6, 6.07) is 4.47. The summed E-state index contributed by atoms with van der Waals surface area (Å²) in [5, 5.41) is 0.253. The molecule has 0 bridgehead atoms. The maximum Gasteiger partial charge on any atom is 0.166 e. The summed E-state index contributed by atoms with van der Waals surface area (Å²) in [5.74, 6) is 0.0411. The molecule has 0 amide bonds. The zero-order valence-corrected chi connectivity index (χ0v) is 17.6. The summed E-state index contributed by atoms with van der Waals surface area (Å²) < 4.78 is 19.8. The van der Waals surface area contributed by atoms with E-state index in [9.17, 15) is 4.39 Å². The fraction of sp³-hybridized carbons (Fsp3) is 0.227. The number of aromatic nitrogens is 1. The van der Waals surface area contributed by atoms with E-state index >= 15 is 0 Å². The summed E-state index contributed by atoms with van der Waals surface area (Å²) in [5.41, 5.74) is 8.17. The number of nitrogens with zero attached hydrogens (tertiary/aromatic N) is 1. The Labute approximate surface area is 175 Å². The van der Waals surface area contributed by atoms with Crippen molar-refractivity contribution < 1.29 is 9.13 Å². The minimum absolute atomic E-state index is 0.0674. The molecule has 0 aliphatic carbocycles. The number of benzene rings is 1. The molecule has 2 N–H and O–H groups in total. The number of anilines is 1. The second kappa shape index (κ2) is 10.3. The minimum Gasteiger partial charge on any atom is -0.482 e. The van der Waals surface area contributed by atoms with Crippen LogP contribution in [0.15, 0.2) is 54.8 Å². The van der Waals surface area contributed by atoms with Crippen molar-refractivity contribution in [2.75, 3.05) is 5.73 Å². The van der Waals surface area contributed by atoms with Crippen LogP contribution in [0, 0.1) is 5.82 Å². The van der Waals surface area contributed by atoms with Gasteiger partial charge in [-0.15, -0.1) is 0 Å². The van der Waals surface area contributed by atoms with E-state index in [1.807, 2.05) is 31.2 Å². The number of pyridine rings is 1. The van der Waals surface area contributed by atoms with Crippen molar-refractivity contribution in [3.05, 3.63) is 81.8 Å². The number of ether oxygens (including phenoxy) is 1. The lowest BCUT2D eigenvalue weighted by Gasteiger charge is -2.19. The summed E-state index contributed by atoms with van der Waals surface area (Å²) in [6.07, 6.45) is 11.9. The molecule has 0 fully saturated rings. The zero-order chi connectivity index (χ0) is 20.7. The van der Waals surface area contributed by atoms with Gasteiger partial charge in [-0.2, -0.15) is 0 Å². The smallest absolute Gasteiger partial charge is 0.166 e. The second-order valence-corrected chi connectivity index (χ2v) is 6.87. The largest absolute Gasteiger partial charge is 0.482 e. The van der Waals surface area contributed by atoms with E-state index in [1.165, 1.54) is 12.1 Å². The van der Waals surface area contributed by atoms with Gasteiger partial charge in [0.25, 0.3) is 0 Å². The maximum absolute atomic E-state index is 13.8. The van der Waals surface area contributed by atoms with Crippen molar-refractivity contribution in [2.45, 2.75) is 33.3 Å². The topological polar surface area (TPSA) is 48.1 Å². The van der Waals surface area contributed by atoms with Gasteiger partial charge in [0.15, 0.2) is 11.6 Å². The molecule has 1 unspecified atom stereocenters. The Balaban J connectivity index is 2.41. The first kappa shape index (κ1) is 22.0. The highest BCUT2D eigenvalue weighted by Crippen LogP contribution is 2.36. The predicted octanol–water partition coefficient (Wildman–Crippen LogP) is 7.18. The minimum atomic E-state index is -0.621. The van der Waals surface area contributed by atoms with Gasteiger partial charge >= 0.3 is 0 Å². The molecule has 3 nitrogen and oxygen atoms in total. The van der Waals surface area contributed by atoms with E-state index in [4.69, 9.17) is 33.7 Å². The summed E-state index contributed by atoms with van der Waals surface area (Å²) >= 11 is 12.3. The molecule has 0 aliphatic heterocycles. The van der Waals surface area contributed by atoms with Crippen LogP contribution in [0.3, 0.4) is 0 Å². The van der Waals surface area contributed by atoms with E-state index in [0.717, 1.165) is 17.6 Å². The Morgan fingerprint density at radius 2 is 2.11 bits per heavy atom. The van der Waals surface area contributed by atoms with E-state index < -0.39 is 11.9 Å². The molecule has 1 aromatic heterocycles. The average Bonchev–Trinajstić information content (AvgIpc) is 2.67. The van der Waals surface area contributed by atoms with Gasteiger partial charge in [0.05, 0.1) is 5.02 Å². The van der Waals surface area contributed by atoms with E-state index in [2.05, 4.69) is 18.0 Å². The monoisotopic (exact) mass is 420 g/mol. The maximum atomic E-state index is 13.8. The molecule has 2 aromatic rings. The molecule has 0 spiro atoms. The first-order valence-electron chi connectivity index (χ1n) is 8.94. The number of hydrogen-bond donors (Lipinski definition) is 1. The molecule has 28 heavy (non-hydrogen) atoms. The van der Waals surface area contributed by atoms with Crippen molar-refractivity contribution in [3.63, 3.8) is 0 Å². The molecule has 0 aliphatic rings. The number of halogens is 3. The van der Waals surface area contributed by atoms with Gasteiger partial charge in [-0.1, -0.05) is 60.5 Å². The highest BCUT2D eigenvalue weighted by Gasteiger charge is 2.20. The molecule has 1 heterocycles. The van der Waals surface area contributed by atoms with Crippen LogP contribution >= 0.6 is 23.2 Å². The van der Waals surface area contributed by atoms with Crippen molar-refractivity contribution >= 4 is 34.6 Å². The SMILES string of the molecule is C\C=C/C=C(\C=C\CC)c1cnc(N)c(OC(C)c2c(Cl)ccc(F)c2Cl)c1. The van der Waals surface area contributed by atoms with Crippen LogP contribution in [-0.4, -0.2) is 4.98 Å². The summed E-state index contributed by atoms with van der Waals surface area (Å²) in [4.78, 5) is 4.24. The third kappa shape index (κ3) is 5.37. The van der Waals surface area contributed by atoms with Crippen molar-refractivity contribution in [3.8, 4) is 5.75 Å². The van der Waals surface area contributed by atoms with Crippen LogP contribution in [0.5, 0.6) is 5.75 Å². The highest BCUT2D eigenvalue weighted by molar-refractivity contribution is 6.36. The van der Waals surface area contributed by atoms with E-state index in [1.54, 1.807) is 19.2 Å². The third-order valence-electron chi connectivity index (χ3n) is 4.01. The first-order valence-corrected chi connectivity index (χ1v) is 9.70. The Morgan fingerprint density at radius 3 is 2.79 bits per heavy atom. The van der Waals surface area contributed by atoms with Crippen molar-refractivity contribution in [2.24, 2.45) is 0 Å². The molecule has 6 heteroatoms. The predicted molar refractivity (Wildman–Crippen MR) is 116 cm³/mol. The number of nitrogen functional groups attached to an aromatic ring is 1.